The van der Waals surface area contributed by atoms with E-state index in [1.165, 1.54) is 4.57 Å². The van der Waals surface area contributed by atoms with Crippen LogP contribution in [0, 0.1) is 11.3 Å². The second-order valence-electron chi connectivity index (χ2n) is 7.95. The van der Waals surface area contributed by atoms with Crippen LogP contribution in [0.25, 0.3) is 11.1 Å². The number of hydrogen-bond donors (Lipinski definition) is 1. The SMILES string of the molecule is NC(=O)C1(CC2CC2)CCCN(C(=O)CCn2c(=O)oc3ccccc32)C1. The highest BCUT2D eigenvalue weighted by molar-refractivity contribution is 5.83. The van der Waals surface area contributed by atoms with Gasteiger partial charge in [-0.3, -0.25) is 14.2 Å². The van der Waals surface area contributed by atoms with E-state index in [0.717, 1.165) is 32.1 Å². The van der Waals surface area contributed by atoms with Crippen LogP contribution in [-0.4, -0.2) is 34.4 Å². The predicted molar refractivity (Wildman–Crippen MR) is 99.9 cm³/mol. The standard InChI is InChI=1S/C20H25N3O4/c21-18(25)20(12-14-6-7-14)9-3-10-22(13-20)17(24)8-11-23-15-4-1-2-5-16(15)27-19(23)26/h1-2,4-5,14H,3,6-13H2,(H2,21,25). The summed E-state index contributed by atoms with van der Waals surface area (Å²) in [7, 11) is 0. The molecule has 2 heterocycles. The quantitative estimate of drug-likeness (QED) is 0.838. The first-order valence-electron chi connectivity index (χ1n) is 9.65. The average Bonchev–Trinajstić information content (AvgIpc) is 3.40. The van der Waals surface area contributed by atoms with Crippen molar-refractivity contribution in [1.29, 1.82) is 0 Å². The molecule has 7 heteroatoms. The molecule has 1 unspecified atom stereocenters. The molecule has 27 heavy (non-hydrogen) atoms. The van der Waals surface area contributed by atoms with Gasteiger partial charge in [0, 0.05) is 26.1 Å². The maximum atomic E-state index is 12.8. The zero-order valence-corrected chi connectivity index (χ0v) is 15.4. The third-order valence-corrected chi connectivity index (χ3v) is 5.95. The first kappa shape index (κ1) is 17.8. The summed E-state index contributed by atoms with van der Waals surface area (Å²) < 4.78 is 6.70. The summed E-state index contributed by atoms with van der Waals surface area (Å²) in [6.45, 7) is 1.30. The minimum Gasteiger partial charge on any atom is -0.408 e. The van der Waals surface area contributed by atoms with Crippen LogP contribution < -0.4 is 11.5 Å². The van der Waals surface area contributed by atoms with Crippen LogP contribution in [-0.2, 0) is 16.1 Å². The van der Waals surface area contributed by atoms with E-state index >= 15 is 0 Å². The Balaban J connectivity index is 1.45. The largest absolute Gasteiger partial charge is 0.419 e. The second kappa shape index (κ2) is 6.87. The highest BCUT2D eigenvalue weighted by atomic mass is 16.4. The van der Waals surface area contributed by atoms with Crippen molar-refractivity contribution >= 4 is 22.9 Å². The average molecular weight is 371 g/mol. The highest BCUT2D eigenvalue weighted by Crippen LogP contribution is 2.44. The Morgan fingerprint density at radius 3 is 2.78 bits per heavy atom. The molecule has 2 amide bonds. The van der Waals surface area contributed by atoms with Crippen LogP contribution in [0.3, 0.4) is 0 Å². The van der Waals surface area contributed by atoms with Crippen molar-refractivity contribution in [3.8, 4) is 0 Å². The van der Waals surface area contributed by atoms with Gasteiger partial charge < -0.3 is 15.1 Å². The maximum absolute atomic E-state index is 12.8. The topological polar surface area (TPSA) is 98.5 Å². The second-order valence-corrected chi connectivity index (χ2v) is 7.95. The summed E-state index contributed by atoms with van der Waals surface area (Å²) in [5.74, 6) is -0.219. The van der Waals surface area contributed by atoms with Crippen molar-refractivity contribution in [3.05, 3.63) is 34.8 Å². The van der Waals surface area contributed by atoms with E-state index in [0.29, 0.717) is 30.1 Å². The van der Waals surface area contributed by atoms with Crippen molar-refractivity contribution in [3.63, 3.8) is 0 Å². The van der Waals surface area contributed by atoms with Crippen LogP contribution in [0.2, 0.25) is 0 Å². The maximum Gasteiger partial charge on any atom is 0.419 e. The molecule has 4 rings (SSSR count). The fraction of sp³-hybridized carbons (Fsp3) is 0.550. The lowest BCUT2D eigenvalue weighted by Crippen LogP contribution is -2.52. The Hall–Kier alpha value is -2.57. The molecule has 1 aliphatic carbocycles. The Bertz CT molecular complexity index is 927. The Labute approximate surface area is 157 Å². The molecule has 144 valence electrons. The number of nitrogens with two attached hydrogens (primary N) is 1. The van der Waals surface area contributed by atoms with E-state index < -0.39 is 11.2 Å². The molecule has 2 N–H and O–H groups in total. The Morgan fingerprint density at radius 1 is 1.26 bits per heavy atom. The van der Waals surface area contributed by atoms with E-state index in [2.05, 4.69) is 0 Å². The number of primary amides is 1. The number of hydrogen-bond acceptors (Lipinski definition) is 4. The van der Waals surface area contributed by atoms with E-state index in [1.807, 2.05) is 6.07 Å². The Morgan fingerprint density at radius 2 is 2.04 bits per heavy atom. The number of benzene rings is 1. The molecule has 0 radical (unpaired) electrons. The number of nitrogens with zero attached hydrogens (tertiary/aromatic N) is 2. The number of rotatable bonds is 6. The summed E-state index contributed by atoms with van der Waals surface area (Å²) in [6.07, 6.45) is 4.84. The van der Waals surface area contributed by atoms with Gasteiger partial charge in [-0.1, -0.05) is 25.0 Å². The fourth-order valence-corrected chi connectivity index (χ4v) is 4.28. The molecule has 2 aliphatic rings. The molecular formula is C20H25N3O4. The van der Waals surface area contributed by atoms with Crippen molar-refractivity contribution < 1.29 is 14.0 Å². The number of oxazole rings is 1. The normalized spacial score (nSPS) is 22.9. The fourth-order valence-electron chi connectivity index (χ4n) is 4.28. The summed E-state index contributed by atoms with van der Waals surface area (Å²) in [5, 5.41) is 0. The van der Waals surface area contributed by atoms with Gasteiger partial charge in [0.1, 0.15) is 0 Å². The van der Waals surface area contributed by atoms with Crippen LogP contribution in [0.5, 0.6) is 0 Å². The summed E-state index contributed by atoms with van der Waals surface area (Å²) in [6, 6.07) is 7.18. The minimum absolute atomic E-state index is 0.0479. The van der Waals surface area contributed by atoms with Gasteiger partial charge >= 0.3 is 5.76 Å². The van der Waals surface area contributed by atoms with Crippen LogP contribution >= 0.6 is 0 Å². The number of amides is 2. The van der Waals surface area contributed by atoms with Crippen LogP contribution in [0.4, 0.5) is 0 Å². The first-order chi connectivity index (χ1) is 13.0. The number of likely N-dealkylation sites (tertiary alicyclic amines) is 1. The smallest absolute Gasteiger partial charge is 0.408 e. The molecule has 2 fully saturated rings. The van der Waals surface area contributed by atoms with Gasteiger partial charge in [-0.25, -0.2) is 4.79 Å². The molecular weight excluding hydrogens is 346 g/mol. The van der Waals surface area contributed by atoms with E-state index in [9.17, 15) is 14.4 Å². The molecule has 1 aromatic heterocycles. The van der Waals surface area contributed by atoms with Gasteiger partial charge in [-0.2, -0.15) is 0 Å². The molecule has 0 bridgehead atoms. The number of carbonyl (C=O) groups excluding carboxylic acids is 2. The number of fused-ring (bicyclic) bond motifs is 1. The molecule has 1 atom stereocenters. The van der Waals surface area contributed by atoms with E-state index in [4.69, 9.17) is 10.2 Å². The van der Waals surface area contributed by atoms with Gasteiger partial charge in [0.05, 0.1) is 10.9 Å². The lowest BCUT2D eigenvalue weighted by Gasteiger charge is -2.41. The lowest BCUT2D eigenvalue weighted by atomic mass is 9.75. The molecule has 1 saturated heterocycles. The number of aryl methyl sites for hydroxylation is 1. The number of aromatic nitrogens is 1. The monoisotopic (exact) mass is 371 g/mol. The first-order valence-corrected chi connectivity index (χ1v) is 9.65. The van der Waals surface area contributed by atoms with Crippen molar-refractivity contribution in [2.75, 3.05) is 13.1 Å². The van der Waals surface area contributed by atoms with Gasteiger partial charge in [0.25, 0.3) is 0 Å². The van der Waals surface area contributed by atoms with E-state index in [1.54, 1.807) is 23.1 Å². The van der Waals surface area contributed by atoms with Gasteiger partial charge in [0.15, 0.2) is 5.58 Å². The minimum atomic E-state index is -0.589. The molecule has 1 saturated carbocycles. The summed E-state index contributed by atoms with van der Waals surface area (Å²) >= 11 is 0. The zero-order valence-electron chi connectivity index (χ0n) is 15.4. The lowest BCUT2D eigenvalue weighted by molar-refractivity contribution is -0.140. The Kier molecular flexibility index (Phi) is 4.53. The van der Waals surface area contributed by atoms with Gasteiger partial charge in [-0.15, -0.1) is 0 Å². The van der Waals surface area contributed by atoms with Gasteiger partial charge in [0.2, 0.25) is 11.8 Å². The molecule has 1 aliphatic heterocycles. The third-order valence-electron chi connectivity index (χ3n) is 5.95. The van der Waals surface area contributed by atoms with Gasteiger partial charge in [-0.05, 0) is 37.3 Å². The summed E-state index contributed by atoms with van der Waals surface area (Å²) in [5.41, 5.74) is 6.36. The number of carbonyl (C=O) groups is 2. The van der Waals surface area contributed by atoms with Crippen molar-refractivity contribution in [2.45, 2.75) is 45.1 Å². The molecule has 2 aromatic rings. The summed E-state index contributed by atoms with van der Waals surface area (Å²) in [4.78, 5) is 38.8. The van der Waals surface area contributed by atoms with Crippen LogP contribution in [0.15, 0.2) is 33.5 Å². The highest BCUT2D eigenvalue weighted by Gasteiger charge is 2.45. The van der Waals surface area contributed by atoms with E-state index in [-0.39, 0.29) is 24.8 Å². The third kappa shape index (κ3) is 3.50. The zero-order chi connectivity index (χ0) is 19.0. The predicted octanol–water partition coefficient (Wildman–Crippen LogP) is 1.88. The number of para-hydroxylation sites is 2. The molecule has 7 nitrogen and oxygen atoms in total. The van der Waals surface area contributed by atoms with Crippen molar-refractivity contribution in [2.24, 2.45) is 17.1 Å². The van der Waals surface area contributed by atoms with Crippen molar-refractivity contribution in [1.82, 2.24) is 9.47 Å². The molecule has 1 aromatic carbocycles. The number of piperidine rings is 1. The van der Waals surface area contributed by atoms with Crippen LogP contribution in [0.1, 0.15) is 38.5 Å². The molecule has 0 spiro atoms.